The molecule has 2 fully saturated rings. The normalized spacial score (nSPS) is 23.1. The van der Waals surface area contributed by atoms with Crippen LogP contribution in [0.1, 0.15) is 11.1 Å². The van der Waals surface area contributed by atoms with E-state index < -0.39 is 0 Å². The van der Waals surface area contributed by atoms with Gasteiger partial charge in [-0.2, -0.15) is 0 Å². The predicted molar refractivity (Wildman–Crippen MR) is 98.8 cm³/mol. The highest BCUT2D eigenvalue weighted by Gasteiger charge is 2.42. The molecule has 0 N–H and O–H groups in total. The highest BCUT2D eigenvalue weighted by molar-refractivity contribution is 5.78. The van der Waals surface area contributed by atoms with Gasteiger partial charge in [-0.15, -0.1) is 0 Å². The Morgan fingerprint density at radius 1 is 1.00 bits per heavy atom. The van der Waals surface area contributed by atoms with Crippen molar-refractivity contribution in [1.29, 1.82) is 0 Å². The fraction of sp³-hybridized carbons (Fsp3) is 0.381. The number of methoxy groups -OCH3 is 1. The topological polar surface area (TPSA) is 42.0 Å². The van der Waals surface area contributed by atoms with Crippen LogP contribution in [0.3, 0.4) is 0 Å². The molecule has 2 aromatic rings. The van der Waals surface area contributed by atoms with Crippen molar-refractivity contribution < 1.29 is 14.3 Å². The lowest BCUT2D eigenvalue weighted by molar-refractivity contribution is -0.153. The lowest BCUT2D eigenvalue weighted by Crippen LogP contribution is -2.53. The Kier molecular flexibility index (Phi) is 4.91. The molecule has 26 heavy (non-hydrogen) atoms. The molecular formula is C21H24N2O3. The largest absolute Gasteiger partial charge is 0.497 e. The van der Waals surface area contributed by atoms with Crippen LogP contribution in [0.4, 0.5) is 0 Å². The monoisotopic (exact) mass is 352 g/mol. The maximum absolute atomic E-state index is 12.5. The van der Waals surface area contributed by atoms with Crippen molar-refractivity contribution in [2.24, 2.45) is 0 Å². The van der Waals surface area contributed by atoms with Gasteiger partial charge in [0.25, 0.3) is 0 Å². The van der Waals surface area contributed by atoms with Crippen molar-refractivity contribution in [2.45, 2.75) is 25.2 Å². The molecule has 0 radical (unpaired) electrons. The van der Waals surface area contributed by atoms with Gasteiger partial charge in [0.2, 0.25) is 5.91 Å². The SMILES string of the molecule is COc1ccc(CN2C(=O)CO[C@H]3CN(Cc4ccccc4)C[C@H]32)cc1. The minimum absolute atomic E-state index is 0.0728. The first-order valence-electron chi connectivity index (χ1n) is 9.03. The summed E-state index contributed by atoms with van der Waals surface area (Å²) < 4.78 is 11.0. The number of benzene rings is 2. The van der Waals surface area contributed by atoms with Gasteiger partial charge >= 0.3 is 0 Å². The number of fused-ring (bicyclic) bond motifs is 1. The summed E-state index contributed by atoms with van der Waals surface area (Å²) in [5.41, 5.74) is 2.40. The van der Waals surface area contributed by atoms with Gasteiger partial charge in [-0.3, -0.25) is 9.69 Å². The maximum atomic E-state index is 12.5. The van der Waals surface area contributed by atoms with E-state index in [0.29, 0.717) is 6.54 Å². The average Bonchev–Trinajstić information content (AvgIpc) is 3.08. The zero-order valence-electron chi connectivity index (χ0n) is 15.0. The lowest BCUT2D eigenvalue weighted by atomic mass is 10.1. The summed E-state index contributed by atoms with van der Waals surface area (Å²) in [4.78, 5) is 16.9. The summed E-state index contributed by atoms with van der Waals surface area (Å²) >= 11 is 0. The first-order chi connectivity index (χ1) is 12.7. The van der Waals surface area contributed by atoms with E-state index in [1.165, 1.54) is 5.56 Å². The smallest absolute Gasteiger partial charge is 0.249 e. The number of likely N-dealkylation sites (tertiary alicyclic amines) is 1. The first kappa shape index (κ1) is 17.1. The Labute approximate surface area is 154 Å². The summed E-state index contributed by atoms with van der Waals surface area (Å²) in [5.74, 6) is 0.901. The third-order valence-electron chi connectivity index (χ3n) is 5.22. The van der Waals surface area contributed by atoms with Gasteiger partial charge in [-0.1, -0.05) is 42.5 Å². The quantitative estimate of drug-likeness (QED) is 0.828. The molecule has 5 heteroatoms. The van der Waals surface area contributed by atoms with E-state index in [9.17, 15) is 4.79 Å². The van der Waals surface area contributed by atoms with E-state index >= 15 is 0 Å². The minimum Gasteiger partial charge on any atom is -0.497 e. The molecule has 0 unspecified atom stereocenters. The summed E-state index contributed by atoms with van der Waals surface area (Å²) in [6.07, 6.45) is 0.0923. The van der Waals surface area contributed by atoms with Crippen LogP contribution in [-0.2, 0) is 22.6 Å². The van der Waals surface area contributed by atoms with E-state index in [4.69, 9.17) is 9.47 Å². The molecule has 136 valence electrons. The number of amides is 1. The van der Waals surface area contributed by atoms with Crippen LogP contribution in [0.5, 0.6) is 5.75 Å². The number of carbonyl (C=O) groups is 1. The Morgan fingerprint density at radius 2 is 1.73 bits per heavy atom. The Hall–Kier alpha value is -2.37. The molecule has 2 heterocycles. The summed E-state index contributed by atoms with van der Waals surface area (Å²) in [6.45, 7) is 3.40. The van der Waals surface area contributed by atoms with Gasteiger partial charge in [-0.25, -0.2) is 0 Å². The Bertz CT molecular complexity index is 748. The average molecular weight is 352 g/mol. The molecule has 2 saturated heterocycles. The Morgan fingerprint density at radius 3 is 2.46 bits per heavy atom. The maximum Gasteiger partial charge on any atom is 0.249 e. The van der Waals surface area contributed by atoms with Crippen molar-refractivity contribution in [3.05, 3.63) is 65.7 Å². The van der Waals surface area contributed by atoms with Crippen LogP contribution in [0.25, 0.3) is 0 Å². The predicted octanol–water partition coefficient (Wildman–Crippen LogP) is 2.31. The van der Waals surface area contributed by atoms with Gasteiger partial charge in [0.15, 0.2) is 0 Å². The van der Waals surface area contributed by atoms with Crippen LogP contribution >= 0.6 is 0 Å². The molecule has 1 amide bonds. The lowest BCUT2D eigenvalue weighted by Gasteiger charge is -2.36. The number of ether oxygens (including phenoxy) is 2. The van der Waals surface area contributed by atoms with Crippen LogP contribution in [0, 0.1) is 0 Å². The molecule has 4 rings (SSSR count). The highest BCUT2D eigenvalue weighted by Crippen LogP contribution is 2.26. The van der Waals surface area contributed by atoms with Crippen LogP contribution in [-0.4, -0.2) is 54.7 Å². The number of hydrogen-bond donors (Lipinski definition) is 0. The second-order valence-electron chi connectivity index (χ2n) is 6.97. The van der Waals surface area contributed by atoms with Gasteiger partial charge in [-0.05, 0) is 23.3 Å². The molecule has 2 aromatic carbocycles. The fourth-order valence-electron chi connectivity index (χ4n) is 3.85. The third-order valence-corrected chi connectivity index (χ3v) is 5.22. The molecule has 0 saturated carbocycles. The van der Waals surface area contributed by atoms with Crippen molar-refractivity contribution in [1.82, 2.24) is 9.80 Å². The van der Waals surface area contributed by atoms with E-state index in [0.717, 1.165) is 30.9 Å². The molecule has 0 spiro atoms. The molecule has 5 nitrogen and oxygen atoms in total. The van der Waals surface area contributed by atoms with Gasteiger partial charge in [0.05, 0.1) is 19.3 Å². The van der Waals surface area contributed by atoms with Crippen molar-refractivity contribution in [2.75, 3.05) is 26.8 Å². The van der Waals surface area contributed by atoms with E-state index in [2.05, 4.69) is 29.2 Å². The number of hydrogen-bond acceptors (Lipinski definition) is 4. The summed E-state index contributed by atoms with van der Waals surface area (Å²) in [6, 6.07) is 18.5. The molecule has 0 aromatic heterocycles. The third kappa shape index (κ3) is 3.59. The number of rotatable bonds is 5. The van der Waals surface area contributed by atoms with Gasteiger partial charge < -0.3 is 14.4 Å². The van der Waals surface area contributed by atoms with Crippen molar-refractivity contribution in [3.63, 3.8) is 0 Å². The van der Waals surface area contributed by atoms with E-state index in [1.54, 1.807) is 7.11 Å². The minimum atomic E-state index is 0.0728. The zero-order valence-corrected chi connectivity index (χ0v) is 15.0. The second kappa shape index (κ2) is 7.48. The summed E-state index contributed by atoms with van der Waals surface area (Å²) in [5, 5.41) is 0. The Balaban J connectivity index is 1.45. The van der Waals surface area contributed by atoms with E-state index in [-0.39, 0.29) is 24.7 Å². The second-order valence-corrected chi connectivity index (χ2v) is 6.97. The van der Waals surface area contributed by atoms with Gasteiger partial charge in [0, 0.05) is 26.2 Å². The molecular weight excluding hydrogens is 328 g/mol. The van der Waals surface area contributed by atoms with Crippen LogP contribution in [0.2, 0.25) is 0 Å². The highest BCUT2D eigenvalue weighted by atomic mass is 16.5. The van der Waals surface area contributed by atoms with E-state index in [1.807, 2.05) is 35.2 Å². The fourth-order valence-corrected chi connectivity index (χ4v) is 3.85. The number of carbonyl (C=O) groups excluding carboxylic acids is 1. The molecule has 2 atom stereocenters. The standard InChI is InChI=1S/C21H24N2O3/c1-25-18-9-7-17(8-10-18)12-23-19-13-22(11-16-5-3-2-4-6-16)14-20(19)26-15-21(23)24/h2-10,19-20H,11-15H2,1H3/t19-,20+/m1/s1. The number of morpholine rings is 1. The first-order valence-corrected chi connectivity index (χ1v) is 9.03. The molecule has 2 aliphatic heterocycles. The van der Waals surface area contributed by atoms with Crippen LogP contribution < -0.4 is 4.74 Å². The number of nitrogens with zero attached hydrogens (tertiary/aromatic N) is 2. The zero-order chi connectivity index (χ0) is 17.9. The molecule has 2 aliphatic rings. The van der Waals surface area contributed by atoms with Gasteiger partial charge in [0.1, 0.15) is 12.4 Å². The molecule has 0 bridgehead atoms. The molecule has 0 aliphatic carbocycles. The summed E-state index contributed by atoms with van der Waals surface area (Å²) in [7, 11) is 1.66. The van der Waals surface area contributed by atoms with Crippen LogP contribution in [0.15, 0.2) is 54.6 Å². The van der Waals surface area contributed by atoms with Crippen molar-refractivity contribution >= 4 is 5.91 Å². The van der Waals surface area contributed by atoms with Crippen molar-refractivity contribution in [3.8, 4) is 5.75 Å².